The van der Waals surface area contributed by atoms with E-state index in [4.69, 9.17) is 24.0 Å². The highest BCUT2D eigenvalue weighted by Crippen LogP contribution is 2.42. The van der Waals surface area contributed by atoms with Crippen molar-refractivity contribution in [3.05, 3.63) is 24.0 Å². The fraction of sp³-hybridized carbons (Fsp3) is 0.714. The lowest BCUT2D eigenvalue weighted by Gasteiger charge is -2.58. The normalized spacial score (nSPS) is 39.8. The molecule has 2 aliphatic heterocycles. The number of ether oxygens (including phenoxy) is 3. The van der Waals surface area contributed by atoms with Crippen LogP contribution in [0.2, 0.25) is 0 Å². The highest BCUT2D eigenvalue weighted by molar-refractivity contribution is 7.46. The van der Waals surface area contributed by atoms with Gasteiger partial charge in [0.2, 0.25) is 18.0 Å². The molecule has 1 saturated carbocycles. The number of aliphatic hydroxyl groups is 3. The second-order valence-corrected chi connectivity index (χ2v) is 10.6. The van der Waals surface area contributed by atoms with Crippen LogP contribution in [-0.4, -0.2) is 111 Å². The van der Waals surface area contributed by atoms with E-state index >= 15 is 0 Å². The number of likely N-dealkylation sites (N-methyl/N-ethyl adjacent to an activating group) is 2. The van der Waals surface area contributed by atoms with Gasteiger partial charge in [0.25, 0.3) is 0 Å². The third kappa shape index (κ3) is 5.82. The fourth-order valence-corrected chi connectivity index (χ4v) is 5.52. The molecule has 3 fully saturated rings. The summed E-state index contributed by atoms with van der Waals surface area (Å²) >= 11 is 0. The maximum Gasteiger partial charge on any atom is 0.524 e. The van der Waals surface area contributed by atoms with Crippen molar-refractivity contribution in [1.82, 2.24) is 20.9 Å². The maximum atomic E-state index is 12.9. The van der Waals surface area contributed by atoms with Crippen LogP contribution < -0.4 is 20.5 Å². The lowest BCUT2D eigenvalue weighted by Crippen LogP contribution is -2.79. The van der Waals surface area contributed by atoms with E-state index < -0.39 is 74.5 Å². The molecule has 10 atom stereocenters. The van der Waals surface area contributed by atoms with E-state index in [1.807, 2.05) is 0 Å². The molecule has 3 heterocycles. The molecule has 4 rings (SSSR count). The Balaban J connectivity index is 1.49. The van der Waals surface area contributed by atoms with Gasteiger partial charge in [-0.1, -0.05) is 0 Å². The summed E-state index contributed by atoms with van der Waals surface area (Å²) in [6.45, 7) is 1.74. The molecule has 0 aromatic carbocycles. The number of carbonyl (C=O) groups excluding carboxylic acids is 1. The number of rotatable bonds is 7. The van der Waals surface area contributed by atoms with E-state index in [1.165, 1.54) is 12.1 Å². The summed E-state index contributed by atoms with van der Waals surface area (Å²) in [5, 5.41) is 41.7. The van der Waals surface area contributed by atoms with Crippen LogP contribution in [0.25, 0.3) is 0 Å². The smallest absolute Gasteiger partial charge is 0.403 e. The zero-order valence-electron chi connectivity index (χ0n) is 20.4. The predicted molar refractivity (Wildman–Crippen MR) is 124 cm³/mol. The minimum absolute atomic E-state index is 0.160. The number of aliphatic hydroxyl groups excluding tert-OH is 2. The molecule has 0 spiro atoms. The van der Waals surface area contributed by atoms with Crippen molar-refractivity contribution >= 4 is 13.7 Å². The third-order valence-corrected chi connectivity index (χ3v) is 7.30. The van der Waals surface area contributed by atoms with E-state index in [2.05, 4.69) is 25.5 Å². The summed E-state index contributed by atoms with van der Waals surface area (Å²) in [4.78, 5) is 34.6. The summed E-state index contributed by atoms with van der Waals surface area (Å²) in [6, 6.07) is 0.227. The lowest BCUT2D eigenvalue weighted by atomic mass is 9.79. The van der Waals surface area contributed by atoms with Gasteiger partial charge < -0.3 is 50.0 Å². The molecule has 1 aromatic heterocycles. The minimum atomic E-state index is -4.74. The van der Waals surface area contributed by atoms with Crippen LogP contribution in [0.3, 0.4) is 0 Å². The molecule has 3 aliphatic rings. The Hall–Kier alpha value is -1.75. The van der Waals surface area contributed by atoms with Crippen LogP contribution >= 0.6 is 7.82 Å². The van der Waals surface area contributed by atoms with Crippen molar-refractivity contribution < 1.29 is 53.2 Å². The zero-order valence-corrected chi connectivity index (χ0v) is 21.3. The average Bonchev–Trinajstić information content (AvgIpc) is 2.80. The van der Waals surface area contributed by atoms with Gasteiger partial charge in [-0.2, -0.15) is 0 Å². The van der Waals surface area contributed by atoms with Gasteiger partial charge in [-0.05, 0) is 39.6 Å². The summed E-state index contributed by atoms with van der Waals surface area (Å²) in [5.74, 6) is -2.80. The van der Waals surface area contributed by atoms with Crippen LogP contribution in [0.4, 0.5) is 0 Å². The van der Waals surface area contributed by atoms with E-state index in [1.54, 1.807) is 21.0 Å². The maximum absolute atomic E-state index is 12.9. The van der Waals surface area contributed by atoms with E-state index in [0.717, 1.165) is 6.20 Å². The number of carbonyl (C=O) groups is 1. The van der Waals surface area contributed by atoms with E-state index in [9.17, 15) is 24.7 Å². The largest absolute Gasteiger partial charge is 0.524 e. The van der Waals surface area contributed by atoms with Crippen LogP contribution in [0, 0.1) is 0 Å². The van der Waals surface area contributed by atoms with E-state index in [-0.39, 0.29) is 24.3 Å². The Labute approximate surface area is 212 Å². The highest BCUT2D eigenvalue weighted by atomic mass is 31.2. The first-order valence-corrected chi connectivity index (χ1v) is 13.3. The van der Waals surface area contributed by atoms with E-state index in [0.29, 0.717) is 0 Å². The number of nitrogens with zero attached hydrogens (tertiary/aromatic N) is 1. The standard InChI is InChI=1S/C21H33N4O11P/c1-9-6-12(25-13(26)7-10-4-5-11(8-24-10)36-37(30,31)32)21(29)20(33-9)34-19-17(28)14(22-2)16(27)15(23-3)18(19)35-21/h4-5,8-9,12,14-20,22-23,27-29H,6-7H2,1-3H3,(H,25,26)(H2,30,31,32)/t9-,12-,14-,15+,16+,17+,18-,19-,20+,21+/m1/s1. The van der Waals surface area contributed by atoms with Crippen LogP contribution in [0.15, 0.2) is 18.3 Å². The molecule has 0 bridgehead atoms. The number of fused-ring (bicyclic) bond motifs is 2. The van der Waals surface area contributed by atoms with Gasteiger partial charge >= 0.3 is 7.82 Å². The highest BCUT2D eigenvalue weighted by Gasteiger charge is 2.63. The van der Waals surface area contributed by atoms with Crippen molar-refractivity contribution in [3.8, 4) is 5.75 Å². The van der Waals surface area contributed by atoms with Crippen molar-refractivity contribution in [3.63, 3.8) is 0 Å². The summed E-state index contributed by atoms with van der Waals surface area (Å²) in [6.07, 6.45) is -4.88. The third-order valence-electron chi connectivity index (χ3n) is 6.85. The molecule has 0 radical (unpaired) electrons. The number of amides is 1. The van der Waals surface area contributed by atoms with Gasteiger partial charge in [-0.15, -0.1) is 0 Å². The topological polar surface area (TPSA) is 221 Å². The fourth-order valence-electron chi connectivity index (χ4n) is 5.13. The number of pyridine rings is 1. The molecule has 2 saturated heterocycles. The van der Waals surface area contributed by atoms with Gasteiger partial charge in [-0.25, -0.2) is 4.57 Å². The monoisotopic (exact) mass is 548 g/mol. The SMILES string of the molecule is CN[C@@H]1[C@H](O)[C@H](NC)[C@H]2O[C@]3(O)[C@H](O[C@@H]2[C@H]1O)O[C@H](C)C[C@H]3NC(=O)Cc1ccc(OP(=O)(O)O)cn1. The van der Waals surface area contributed by atoms with Crippen molar-refractivity contribution in [1.29, 1.82) is 0 Å². The Bertz CT molecular complexity index is 1010. The molecule has 1 aromatic rings. The minimum Gasteiger partial charge on any atom is -0.403 e. The van der Waals surface area contributed by atoms with Crippen LogP contribution in [-0.2, 0) is 30.0 Å². The Morgan fingerprint density at radius 1 is 1.16 bits per heavy atom. The molecular formula is C21H33N4O11P. The van der Waals surface area contributed by atoms with Gasteiger partial charge in [0.1, 0.15) is 24.1 Å². The second-order valence-electron chi connectivity index (χ2n) is 9.42. The van der Waals surface area contributed by atoms with Crippen molar-refractivity contribution in [2.75, 3.05) is 14.1 Å². The number of phosphoric ester groups is 1. The molecule has 208 valence electrons. The average molecular weight is 548 g/mol. The summed E-state index contributed by atoms with van der Waals surface area (Å²) < 4.78 is 33.2. The van der Waals surface area contributed by atoms with Crippen molar-refractivity contribution in [2.45, 2.75) is 80.5 Å². The number of nitrogens with one attached hydrogen (secondary N) is 3. The Kier molecular flexibility index (Phi) is 8.24. The van der Waals surface area contributed by atoms with Crippen molar-refractivity contribution in [2.24, 2.45) is 0 Å². The second kappa shape index (κ2) is 10.8. The number of aromatic nitrogens is 1. The zero-order chi connectivity index (χ0) is 27.1. The molecule has 1 aliphatic carbocycles. The Morgan fingerprint density at radius 2 is 1.86 bits per heavy atom. The van der Waals surface area contributed by atoms with Gasteiger partial charge in [0.15, 0.2) is 0 Å². The molecule has 37 heavy (non-hydrogen) atoms. The number of hydrogen-bond donors (Lipinski definition) is 8. The van der Waals surface area contributed by atoms with Gasteiger partial charge in [-0.3, -0.25) is 19.6 Å². The molecule has 0 unspecified atom stereocenters. The first-order chi connectivity index (χ1) is 17.4. The van der Waals surface area contributed by atoms with Crippen LogP contribution in [0.5, 0.6) is 5.75 Å². The molecule has 1 amide bonds. The summed E-state index contributed by atoms with van der Waals surface area (Å²) in [5.41, 5.74) is 0.284. The van der Waals surface area contributed by atoms with Crippen LogP contribution in [0.1, 0.15) is 19.0 Å². The van der Waals surface area contributed by atoms with Gasteiger partial charge in [0, 0.05) is 5.69 Å². The molecule has 15 nitrogen and oxygen atoms in total. The first kappa shape index (κ1) is 28.3. The Morgan fingerprint density at radius 3 is 2.46 bits per heavy atom. The van der Waals surface area contributed by atoms with Gasteiger partial charge in [0.05, 0.1) is 43.0 Å². The predicted octanol–water partition coefficient (Wildman–Crippen LogP) is -2.90. The molecular weight excluding hydrogens is 515 g/mol. The quantitative estimate of drug-likeness (QED) is 0.160. The number of phosphoric acid groups is 1. The first-order valence-electron chi connectivity index (χ1n) is 11.8. The lowest BCUT2D eigenvalue weighted by molar-refractivity contribution is -0.449. The number of hydrogen-bond acceptors (Lipinski definition) is 12. The summed E-state index contributed by atoms with van der Waals surface area (Å²) in [7, 11) is -1.53. The molecule has 8 N–H and O–H groups in total. The molecule has 16 heteroatoms.